The minimum atomic E-state index is -0.878. The quantitative estimate of drug-likeness (QED) is 0.499. The molecular formula is C12H22O3. The SMILES string of the molecule is CCCCCCOC(C)C=C(C)C(=O)O. The number of carboxylic acids is 1. The summed E-state index contributed by atoms with van der Waals surface area (Å²) < 4.78 is 5.47. The Morgan fingerprint density at radius 3 is 2.60 bits per heavy atom. The average Bonchev–Trinajstić information content (AvgIpc) is 2.17. The Bertz CT molecular complexity index is 209. The highest BCUT2D eigenvalue weighted by atomic mass is 16.5. The minimum Gasteiger partial charge on any atom is -0.478 e. The topological polar surface area (TPSA) is 46.5 Å². The van der Waals surface area contributed by atoms with Crippen LogP contribution in [0.2, 0.25) is 0 Å². The number of rotatable bonds is 8. The summed E-state index contributed by atoms with van der Waals surface area (Å²) >= 11 is 0. The Labute approximate surface area is 92.1 Å². The lowest BCUT2D eigenvalue weighted by molar-refractivity contribution is -0.132. The van der Waals surface area contributed by atoms with Gasteiger partial charge in [0.2, 0.25) is 0 Å². The second-order valence-corrected chi connectivity index (χ2v) is 3.79. The van der Waals surface area contributed by atoms with E-state index in [2.05, 4.69) is 6.92 Å². The van der Waals surface area contributed by atoms with Crippen molar-refractivity contribution in [3.8, 4) is 0 Å². The van der Waals surface area contributed by atoms with E-state index in [0.717, 1.165) is 6.42 Å². The molecule has 0 amide bonds. The zero-order valence-electron chi connectivity index (χ0n) is 9.95. The number of hydrogen-bond donors (Lipinski definition) is 1. The molecule has 0 aromatic heterocycles. The lowest BCUT2D eigenvalue weighted by atomic mass is 10.2. The molecule has 0 aromatic carbocycles. The Morgan fingerprint density at radius 2 is 2.07 bits per heavy atom. The van der Waals surface area contributed by atoms with E-state index in [0.29, 0.717) is 12.2 Å². The van der Waals surface area contributed by atoms with Crippen LogP contribution in [-0.4, -0.2) is 23.8 Å². The van der Waals surface area contributed by atoms with Crippen molar-refractivity contribution in [2.75, 3.05) is 6.61 Å². The summed E-state index contributed by atoms with van der Waals surface area (Å²) in [5.41, 5.74) is 0.344. The van der Waals surface area contributed by atoms with Crippen molar-refractivity contribution >= 4 is 5.97 Å². The molecule has 0 rings (SSSR count). The van der Waals surface area contributed by atoms with Crippen LogP contribution in [0.25, 0.3) is 0 Å². The second kappa shape index (κ2) is 8.48. The number of aliphatic carboxylic acids is 1. The Balaban J connectivity index is 3.61. The van der Waals surface area contributed by atoms with Crippen LogP contribution in [0.1, 0.15) is 46.5 Å². The fourth-order valence-electron chi connectivity index (χ4n) is 1.27. The van der Waals surface area contributed by atoms with Gasteiger partial charge in [-0.2, -0.15) is 0 Å². The summed E-state index contributed by atoms with van der Waals surface area (Å²) in [6.07, 6.45) is 6.23. The molecule has 0 aliphatic heterocycles. The highest BCUT2D eigenvalue weighted by Crippen LogP contribution is 2.03. The van der Waals surface area contributed by atoms with E-state index < -0.39 is 5.97 Å². The van der Waals surface area contributed by atoms with Gasteiger partial charge in [-0.15, -0.1) is 0 Å². The highest BCUT2D eigenvalue weighted by Gasteiger charge is 2.03. The smallest absolute Gasteiger partial charge is 0.331 e. The van der Waals surface area contributed by atoms with Gasteiger partial charge in [-0.1, -0.05) is 26.2 Å². The van der Waals surface area contributed by atoms with Crippen LogP contribution in [0, 0.1) is 0 Å². The van der Waals surface area contributed by atoms with E-state index in [1.165, 1.54) is 19.3 Å². The summed E-state index contributed by atoms with van der Waals surface area (Å²) in [7, 11) is 0. The van der Waals surface area contributed by atoms with E-state index in [-0.39, 0.29) is 6.10 Å². The normalized spacial score (nSPS) is 13.9. The van der Waals surface area contributed by atoms with E-state index >= 15 is 0 Å². The molecule has 0 aliphatic carbocycles. The molecular weight excluding hydrogens is 192 g/mol. The van der Waals surface area contributed by atoms with Crippen LogP contribution in [0.15, 0.2) is 11.6 Å². The van der Waals surface area contributed by atoms with Gasteiger partial charge in [-0.3, -0.25) is 0 Å². The third-order valence-corrected chi connectivity index (χ3v) is 2.20. The average molecular weight is 214 g/mol. The van der Waals surface area contributed by atoms with Crippen LogP contribution < -0.4 is 0 Å². The molecule has 0 heterocycles. The van der Waals surface area contributed by atoms with E-state index in [1.54, 1.807) is 13.0 Å². The third kappa shape index (κ3) is 8.18. The fraction of sp³-hybridized carbons (Fsp3) is 0.750. The van der Waals surface area contributed by atoms with Crippen LogP contribution in [0.5, 0.6) is 0 Å². The van der Waals surface area contributed by atoms with Crippen LogP contribution >= 0.6 is 0 Å². The first-order valence-corrected chi connectivity index (χ1v) is 5.61. The largest absolute Gasteiger partial charge is 0.478 e. The zero-order valence-corrected chi connectivity index (χ0v) is 9.95. The number of unbranched alkanes of at least 4 members (excludes halogenated alkanes) is 3. The monoisotopic (exact) mass is 214 g/mol. The summed E-state index contributed by atoms with van der Waals surface area (Å²) in [6.45, 7) is 6.33. The first kappa shape index (κ1) is 14.2. The van der Waals surface area contributed by atoms with Gasteiger partial charge in [0.1, 0.15) is 0 Å². The van der Waals surface area contributed by atoms with Crippen LogP contribution in [-0.2, 0) is 9.53 Å². The van der Waals surface area contributed by atoms with Crippen LogP contribution in [0.3, 0.4) is 0 Å². The van der Waals surface area contributed by atoms with Crippen molar-refractivity contribution in [2.24, 2.45) is 0 Å². The second-order valence-electron chi connectivity index (χ2n) is 3.79. The molecule has 3 heteroatoms. The molecule has 1 atom stereocenters. The van der Waals surface area contributed by atoms with Gasteiger partial charge < -0.3 is 9.84 Å². The lowest BCUT2D eigenvalue weighted by Crippen LogP contribution is -2.09. The molecule has 0 spiro atoms. The molecule has 1 N–H and O–H groups in total. The third-order valence-electron chi connectivity index (χ3n) is 2.20. The van der Waals surface area contributed by atoms with Crippen molar-refractivity contribution in [3.63, 3.8) is 0 Å². The molecule has 0 bridgehead atoms. The molecule has 0 aliphatic rings. The maximum Gasteiger partial charge on any atom is 0.331 e. The summed E-state index contributed by atoms with van der Waals surface area (Å²) in [6, 6.07) is 0. The van der Waals surface area contributed by atoms with E-state index in [1.807, 2.05) is 6.92 Å². The maximum atomic E-state index is 10.5. The van der Waals surface area contributed by atoms with Gasteiger partial charge >= 0.3 is 5.97 Å². The van der Waals surface area contributed by atoms with Gasteiger partial charge in [0.15, 0.2) is 0 Å². The molecule has 15 heavy (non-hydrogen) atoms. The van der Waals surface area contributed by atoms with Crippen molar-refractivity contribution < 1.29 is 14.6 Å². The molecule has 0 fully saturated rings. The van der Waals surface area contributed by atoms with Gasteiger partial charge in [0, 0.05) is 12.2 Å². The van der Waals surface area contributed by atoms with Crippen molar-refractivity contribution in [3.05, 3.63) is 11.6 Å². The summed E-state index contributed by atoms with van der Waals surface area (Å²) in [5.74, 6) is -0.878. The van der Waals surface area contributed by atoms with Gasteiger partial charge in [0.25, 0.3) is 0 Å². The highest BCUT2D eigenvalue weighted by molar-refractivity contribution is 5.85. The van der Waals surface area contributed by atoms with Crippen molar-refractivity contribution in [1.29, 1.82) is 0 Å². The number of ether oxygens (including phenoxy) is 1. The Hall–Kier alpha value is -0.830. The summed E-state index contributed by atoms with van der Waals surface area (Å²) in [5, 5.41) is 8.65. The molecule has 0 saturated carbocycles. The molecule has 88 valence electrons. The van der Waals surface area contributed by atoms with E-state index in [9.17, 15) is 4.79 Å². The van der Waals surface area contributed by atoms with E-state index in [4.69, 9.17) is 9.84 Å². The number of carboxylic acid groups (broad SMARTS) is 1. The van der Waals surface area contributed by atoms with Gasteiger partial charge in [-0.05, 0) is 26.3 Å². The Morgan fingerprint density at radius 1 is 1.40 bits per heavy atom. The minimum absolute atomic E-state index is 0.109. The molecule has 0 aromatic rings. The van der Waals surface area contributed by atoms with Crippen molar-refractivity contribution in [2.45, 2.75) is 52.6 Å². The van der Waals surface area contributed by atoms with Crippen molar-refractivity contribution in [1.82, 2.24) is 0 Å². The predicted octanol–water partition coefficient (Wildman–Crippen LogP) is 3.00. The first-order chi connectivity index (χ1) is 7.07. The van der Waals surface area contributed by atoms with Gasteiger partial charge in [-0.25, -0.2) is 4.79 Å². The molecule has 3 nitrogen and oxygen atoms in total. The fourth-order valence-corrected chi connectivity index (χ4v) is 1.27. The maximum absolute atomic E-state index is 10.5. The summed E-state index contributed by atoms with van der Waals surface area (Å²) in [4.78, 5) is 10.5. The molecule has 1 unspecified atom stereocenters. The Kier molecular flexibility index (Phi) is 8.01. The van der Waals surface area contributed by atoms with Gasteiger partial charge in [0.05, 0.1) is 6.10 Å². The predicted molar refractivity (Wildman–Crippen MR) is 60.9 cm³/mol. The lowest BCUT2D eigenvalue weighted by Gasteiger charge is -2.09. The molecule has 0 radical (unpaired) electrons. The number of carbonyl (C=O) groups is 1. The molecule has 0 saturated heterocycles. The standard InChI is InChI=1S/C12H22O3/c1-4-5-6-7-8-15-11(3)9-10(2)12(13)14/h9,11H,4-8H2,1-3H3,(H,13,14). The van der Waals surface area contributed by atoms with Crippen LogP contribution in [0.4, 0.5) is 0 Å². The first-order valence-electron chi connectivity index (χ1n) is 5.61. The number of hydrogen-bond acceptors (Lipinski definition) is 2. The zero-order chi connectivity index (χ0) is 11.7.